The van der Waals surface area contributed by atoms with Gasteiger partial charge in [0.2, 0.25) is 0 Å². The molecule has 0 saturated carbocycles. The van der Waals surface area contributed by atoms with Crippen LogP contribution in [0.2, 0.25) is 0 Å². The SMILES string of the molecule is CCOC(=O)C=Cc1ccc(CC#N)c(F)c1. The second kappa shape index (κ2) is 6.44. The number of hydrogen-bond donors (Lipinski definition) is 0. The monoisotopic (exact) mass is 233 g/mol. The van der Waals surface area contributed by atoms with Crippen molar-refractivity contribution in [2.24, 2.45) is 0 Å². The van der Waals surface area contributed by atoms with E-state index >= 15 is 0 Å². The van der Waals surface area contributed by atoms with Gasteiger partial charge in [-0.25, -0.2) is 9.18 Å². The largest absolute Gasteiger partial charge is 0.463 e. The zero-order valence-electron chi connectivity index (χ0n) is 9.44. The maximum absolute atomic E-state index is 13.4. The van der Waals surface area contributed by atoms with Gasteiger partial charge >= 0.3 is 5.97 Å². The van der Waals surface area contributed by atoms with Crippen molar-refractivity contribution in [1.82, 2.24) is 0 Å². The zero-order chi connectivity index (χ0) is 12.7. The summed E-state index contributed by atoms with van der Waals surface area (Å²) in [5, 5.41) is 8.46. The summed E-state index contributed by atoms with van der Waals surface area (Å²) in [4.78, 5) is 11.0. The van der Waals surface area contributed by atoms with Gasteiger partial charge in [-0.2, -0.15) is 5.26 Å². The first kappa shape index (κ1) is 12.9. The highest BCUT2D eigenvalue weighted by molar-refractivity contribution is 5.87. The van der Waals surface area contributed by atoms with E-state index in [4.69, 9.17) is 10.00 Å². The predicted molar refractivity (Wildman–Crippen MR) is 61.4 cm³/mol. The molecule has 0 bridgehead atoms. The van der Waals surface area contributed by atoms with Crippen LogP contribution in [0.25, 0.3) is 6.08 Å². The van der Waals surface area contributed by atoms with Crippen LogP contribution in [0, 0.1) is 17.1 Å². The number of nitrogens with zero attached hydrogens (tertiary/aromatic N) is 1. The molecule has 88 valence electrons. The second-order valence-electron chi connectivity index (χ2n) is 3.27. The number of esters is 1. The van der Waals surface area contributed by atoms with E-state index in [0.717, 1.165) is 0 Å². The first-order valence-electron chi connectivity index (χ1n) is 5.17. The van der Waals surface area contributed by atoms with E-state index in [9.17, 15) is 9.18 Å². The lowest BCUT2D eigenvalue weighted by molar-refractivity contribution is -0.137. The van der Waals surface area contributed by atoms with Crippen LogP contribution in [0.5, 0.6) is 0 Å². The highest BCUT2D eigenvalue weighted by Gasteiger charge is 2.02. The van der Waals surface area contributed by atoms with Crippen molar-refractivity contribution in [3.63, 3.8) is 0 Å². The van der Waals surface area contributed by atoms with Gasteiger partial charge in [0.1, 0.15) is 5.82 Å². The number of halogens is 1. The molecule has 1 aromatic carbocycles. The lowest BCUT2D eigenvalue weighted by Gasteiger charge is -1.99. The second-order valence-corrected chi connectivity index (χ2v) is 3.27. The van der Waals surface area contributed by atoms with Crippen molar-refractivity contribution >= 4 is 12.0 Å². The minimum absolute atomic E-state index is 0.0354. The number of hydrogen-bond acceptors (Lipinski definition) is 3. The molecule has 0 amide bonds. The standard InChI is InChI=1S/C13H12FNO2/c1-2-17-13(16)6-4-10-3-5-11(7-8-15)12(14)9-10/h3-6,9H,2,7H2,1H3. The topological polar surface area (TPSA) is 50.1 Å². The fourth-order valence-electron chi connectivity index (χ4n) is 1.25. The smallest absolute Gasteiger partial charge is 0.330 e. The molecule has 0 heterocycles. The van der Waals surface area contributed by atoms with Crippen molar-refractivity contribution in [2.75, 3.05) is 6.61 Å². The number of rotatable bonds is 4. The summed E-state index contributed by atoms with van der Waals surface area (Å²) >= 11 is 0. The molecule has 0 saturated heterocycles. The molecule has 1 rings (SSSR count). The molecule has 0 radical (unpaired) electrons. The quantitative estimate of drug-likeness (QED) is 0.593. The number of ether oxygens (including phenoxy) is 1. The molecule has 0 atom stereocenters. The van der Waals surface area contributed by atoms with Gasteiger partial charge in [0.25, 0.3) is 0 Å². The van der Waals surface area contributed by atoms with Crippen molar-refractivity contribution in [2.45, 2.75) is 13.3 Å². The van der Waals surface area contributed by atoms with E-state index < -0.39 is 11.8 Å². The Labute approximate surface area is 99.1 Å². The minimum Gasteiger partial charge on any atom is -0.463 e. The van der Waals surface area contributed by atoms with E-state index in [-0.39, 0.29) is 6.42 Å². The van der Waals surface area contributed by atoms with Gasteiger partial charge in [0.15, 0.2) is 0 Å². The predicted octanol–water partition coefficient (Wildman–Crippen LogP) is 2.47. The zero-order valence-corrected chi connectivity index (χ0v) is 9.44. The lowest BCUT2D eigenvalue weighted by Crippen LogP contribution is -1.98. The average Bonchev–Trinajstić information content (AvgIpc) is 2.30. The van der Waals surface area contributed by atoms with Crippen molar-refractivity contribution in [3.8, 4) is 6.07 Å². The van der Waals surface area contributed by atoms with Crippen molar-refractivity contribution in [1.29, 1.82) is 5.26 Å². The van der Waals surface area contributed by atoms with E-state index in [1.54, 1.807) is 13.0 Å². The van der Waals surface area contributed by atoms with E-state index in [2.05, 4.69) is 0 Å². The molecule has 0 aliphatic heterocycles. The molecular weight excluding hydrogens is 221 g/mol. The molecule has 3 nitrogen and oxygen atoms in total. The summed E-state index contributed by atoms with van der Waals surface area (Å²) in [5.74, 6) is -0.911. The molecule has 0 spiro atoms. The van der Waals surface area contributed by atoms with Crippen LogP contribution >= 0.6 is 0 Å². The van der Waals surface area contributed by atoms with Crippen molar-refractivity contribution in [3.05, 3.63) is 41.2 Å². The third kappa shape index (κ3) is 4.07. The van der Waals surface area contributed by atoms with Crippen molar-refractivity contribution < 1.29 is 13.9 Å². The minimum atomic E-state index is -0.464. The van der Waals surface area contributed by atoms with Gasteiger partial charge < -0.3 is 4.74 Å². The van der Waals surface area contributed by atoms with Gasteiger partial charge in [-0.1, -0.05) is 12.1 Å². The van der Waals surface area contributed by atoms with E-state index in [0.29, 0.717) is 17.7 Å². The molecule has 17 heavy (non-hydrogen) atoms. The maximum atomic E-state index is 13.4. The highest BCUT2D eigenvalue weighted by Crippen LogP contribution is 2.12. The highest BCUT2D eigenvalue weighted by atomic mass is 19.1. The third-order valence-corrected chi connectivity index (χ3v) is 2.05. The summed E-state index contributed by atoms with van der Waals surface area (Å²) in [6.07, 6.45) is 2.74. The van der Waals surface area contributed by atoms with E-state index in [1.165, 1.54) is 24.3 Å². The Balaban J connectivity index is 2.77. The molecule has 0 aromatic heterocycles. The summed E-state index contributed by atoms with van der Waals surface area (Å²) in [6.45, 7) is 2.01. The molecule has 0 aliphatic rings. The molecule has 4 heteroatoms. The molecule has 0 N–H and O–H groups in total. The Morgan fingerprint density at radius 2 is 2.35 bits per heavy atom. The number of carbonyl (C=O) groups excluding carboxylic acids is 1. The Bertz CT molecular complexity index is 475. The first-order chi connectivity index (χ1) is 8.17. The summed E-state index contributed by atoms with van der Waals surface area (Å²) in [6, 6.07) is 6.33. The van der Waals surface area contributed by atoms with E-state index in [1.807, 2.05) is 6.07 Å². The number of nitriles is 1. The number of carbonyl (C=O) groups is 1. The maximum Gasteiger partial charge on any atom is 0.330 e. The van der Waals surface area contributed by atoms with Crippen LogP contribution in [-0.2, 0) is 16.0 Å². The van der Waals surface area contributed by atoms with Gasteiger partial charge in [-0.15, -0.1) is 0 Å². The molecule has 1 aromatic rings. The Morgan fingerprint density at radius 1 is 1.59 bits per heavy atom. The molecular formula is C13H12FNO2. The lowest BCUT2D eigenvalue weighted by atomic mass is 10.1. The number of benzene rings is 1. The van der Waals surface area contributed by atoms with Gasteiger partial charge in [-0.05, 0) is 24.6 Å². The summed E-state index contributed by atoms with van der Waals surface area (Å²) < 4.78 is 18.1. The van der Waals surface area contributed by atoms with Crippen LogP contribution in [-0.4, -0.2) is 12.6 Å². The van der Waals surface area contributed by atoms with Gasteiger partial charge in [0.05, 0.1) is 19.1 Å². The third-order valence-electron chi connectivity index (χ3n) is 2.05. The van der Waals surface area contributed by atoms with Crippen LogP contribution in [0.15, 0.2) is 24.3 Å². The molecule has 0 fully saturated rings. The molecule has 0 aliphatic carbocycles. The van der Waals surface area contributed by atoms with Crippen LogP contribution in [0.1, 0.15) is 18.1 Å². The summed E-state index contributed by atoms with van der Waals surface area (Å²) in [7, 11) is 0. The average molecular weight is 233 g/mol. The Hall–Kier alpha value is -2.15. The first-order valence-corrected chi connectivity index (χ1v) is 5.17. The van der Waals surface area contributed by atoms with Crippen LogP contribution in [0.4, 0.5) is 4.39 Å². The van der Waals surface area contributed by atoms with Crippen LogP contribution in [0.3, 0.4) is 0 Å². The Morgan fingerprint density at radius 3 is 2.94 bits per heavy atom. The fourth-order valence-corrected chi connectivity index (χ4v) is 1.25. The van der Waals surface area contributed by atoms with Crippen LogP contribution < -0.4 is 0 Å². The Kier molecular flexibility index (Phi) is 4.89. The van der Waals surface area contributed by atoms with Gasteiger partial charge in [0, 0.05) is 11.6 Å². The van der Waals surface area contributed by atoms with Gasteiger partial charge in [-0.3, -0.25) is 0 Å². The normalized spacial score (nSPS) is 10.2. The fraction of sp³-hybridized carbons (Fsp3) is 0.231. The summed E-state index contributed by atoms with van der Waals surface area (Å²) in [5.41, 5.74) is 0.901. The molecule has 0 unspecified atom stereocenters.